The van der Waals surface area contributed by atoms with Gasteiger partial charge < -0.3 is 10.2 Å². The minimum absolute atomic E-state index is 0.0687. The lowest BCUT2D eigenvalue weighted by atomic mass is 9.76. The van der Waals surface area contributed by atoms with Crippen molar-refractivity contribution in [2.24, 2.45) is 0 Å². The molecule has 18 heavy (non-hydrogen) atoms. The fourth-order valence-electron chi connectivity index (χ4n) is 3.85. The number of benzene rings is 1. The van der Waals surface area contributed by atoms with E-state index in [9.17, 15) is 10.2 Å². The van der Waals surface area contributed by atoms with Crippen molar-refractivity contribution < 1.29 is 10.2 Å². The highest BCUT2D eigenvalue weighted by Crippen LogP contribution is 2.55. The molecule has 0 fully saturated rings. The van der Waals surface area contributed by atoms with Crippen LogP contribution < -0.4 is 0 Å². The van der Waals surface area contributed by atoms with Gasteiger partial charge in [-0.25, -0.2) is 0 Å². The molecule has 2 aliphatic carbocycles. The van der Waals surface area contributed by atoms with Crippen LogP contribution in [-0.4, -0.2) is 10.2 Å². The van der Waals surface area contributed by atoms with Gasteiger partial charge in [0.2, 0.25) is 0 Å². The quantitative estimate of drug-likeness (QED) is 0.588. The zero-order chi connectivity index (χ0) is 12.9. The molecule has 96 valence electrons. The molecule has 2 heteroatoms. The van der Waals surface area contributed by atoms with Gasteiger partial charge in [0, 0.05) is 16.9 Å². The third-order valence-electron chi connectivity index (χ3n) is 4.57. The lowest BCUT2D eigenvalue weighted by Crippen LogP contribution is -2.20. The highest BCUT2D eigenvalue weighted by atomic mass is 16.5. The van der Waals surface area contributed by atoms with E-state index < -0.39 is 6.29 Å². The van der Waals surface area contributed by atoms with Crippen LogP contribution >= 0.6 is 0 Å². The van der Waals surface area contributed by atoms with Crippen LogP contribution in [0, 0.1) is 0 Å². The van der Waals surface area contributed by atoms with Gasteiger partial charge >= 0.3 is 0 Å². The first kappa shape index (κ1) is 11.9. The van der Waals surface area contributed by atoms with Gasteiger partial charge in [-0.15, -0.1) is 0 Å². The standard InChI is InChI=1S/C16H20O2/c1-16(2)13-9-4-3-6-10(13)11-7-5-8-12(14(11)16)15(17)18/h5,7-10,15,17-18H,3-4,6H2,1-2H3. The second-order valence-corrected chi connectivity index (χ2v) is 5.95. The van der Waals surface area contributed by atoms with E-state index in [0.717, 1.165) is 12.0 Å². The largest absolute Gasteiger partial charge is 0.364 e. The lowest BCUT2D eigenvalue weighted by Gasteiger charge is -2.28. The Kier molecular flexibility index (Phi) is 2.61. The lowest BCUT2D eigenvalue weighted by molar-refractivity contribution is -0.0435. The van der Waals surface area contributed by atoms with Gasteiger partial charge in [-0.3, -0.25) is 0 Å². The Morgan fingerprint density at radius 3 is 2.78 bits per heavy atom. The van der Waals surface area contributed by atoms with Gasteiger partial charge in [0.25, 0.3) is 0 Å². The van der Waals surface area contributed by atoms with Crippen LogP contribution in [0.3, 0.4) is 0 Å². The van der Waals surface area contributed by atoms with Crippen molar-refractivity contribution in [3.8, 4) is 0 Å². The van der Waals surface area contributed by atoms with Crippen molar-refractivity contribution in [2.45, 2.75) is 50.7 Å². The second-order valence-electron chi connectivity index (χ2n) is 5.95. The molecular formula is C16H20O2. The summed E-state index contributed by atoms with van der Waals surface area (Å²) in [6.45, 7) is 4.41. The van der Waals surface area contributed by atoms with E-state index in [1.54, 1.807) is 0 Å². The van der Waals surface area contributed by atoms with E-state index in [1.165, 1.54) is 24.0 Å². The number of aliphatic hydroxyl groups is 2. The topological polar surface area (TPSA) is 40.5 Å². The van der Waals surface area contributed by atoms with Crippen LogP contribution in [0.25, 0.3) is 0 Å². The first-order valence-corrected chi connectivity index (χ1v) is 6.73. The Balaban J connectivity index is 2.26. The van der Waals surface area contributed by atoms with Gasteiger partial charge in [-0.1, -0.05) is 43.7 Å². The molecule has 0 saturated carbocycles. The van der Waals surface area contributed by atoms with Crippen LogP contribution in [0.5, 0.6) is 0 Å². The molecule has 1 aromatic carbocycles. The van der Waals surface area contributed by atoms with E-state index in [1.807, 2.05) is 12.1 Å². The fraction of sp³-hybridized carbons (Fsp3) is 0.500. The van der Waals surface area contributed by atoms with Crippen molar-refractivity contribution in [2.75, 3.05) is 0 Å². The maximum Gasteiger partial charge on any atom is 0.178 e. The molecule has 0 aliphatic heterocycles. The monoisotopic (exact) mass is 244 g/mol. The van der Waals surface area contributed by atoms with Crippen molar-refractivity contribution in [3.63, 3.8) is 0 Å². The molecule has 1 aromatic rings. The summed E-state index contributed by atoms with van der Waals surface area (Å²) in [5.41, 5.74) is 4.51. The average Bonchev–Trinajstić information content (AvgIpc) is 2.60. The third-order valence-corrected chi connectivity index (χ3v) is 4.57. The Morgan fingerprint density at radius 2 is 2.06 bits per heavy atom. The molecule has 2 N–H and O–H groups in total. The summed E-state index contributed by atoms with van der Waals surface area (Å²) in [5.74, 6) is 0.488. The number of hydrogen-bond acceptors (Lipinski definition) is 2. The Bertz CT molecular complexity index is 512. The number of aliphatic hydroxyl groups excluding tert-OH is 1. The zero-order valence-corrected chi connectivity index (χ0v) is 11.0. The van der Waals surface area contributed by atoms with E-state index in [0.29, 0.717) is 11.5 Å². The second kappa shape index (κ2) is 3.94. The minimum Gasteiger partial charge on any atom is -0.364 e. The Hall–Kier alpha value is -1.12. The van der Waals surface area contributed by atoms with Crippen LogP contribution in [0.1, 0.15) is 62.0 Å². The third kappa shape index (κ3) is 1.49. The van der Waals surface area contributed by atoms with E-state index in [-0.39, 0.29) is 5.41 Å². The van der Waals surface area contributed by atoms with Crippen LogP contribution in [0.4, 0.5) is 0 Å². The zero-order valence-electron chi connectivity index (χ0n) is 11.0. The number of allylic oxidation sites excluding steroid dienone is 2. The first-order valence-electron chi connectivity index (χ1n) is 6.73. The van der Waals surface area contributed by atoms with Crippen molar-refractivity contribution >= 4 is 0 Å². The van der Waals surface area contributed by atoms with Crippen LogP contribution in [0.15, 0.2) is 29.8 Å². The molecule has 0 heterocycles. The number of rotatable bonds is 1. The summed E-state index contributed by atoms with van der Waals surface area (Å²) >= 11 is 0. The summed E-state index contributed by atoms with van der Waals surface area (Å²) in [6, 6.07) is 5.93. The van der Waals surface area contributed by atoms with Gasteiger partial charge in [0.1, 0.15) is 0 Å². The predicted octanol–water partition coefficient (Wildman–Crippen LogP) is 3.15. The number of hydrogen-bond donors (Lipinski definition) is 2. The predicted molar refractivity (Wildman–Crippen MR) is 71.3 cm³/mol. The molecule has 2 nitrogen and oxygen atoms in total. The average molecular weight is 244 g/mol. The molecule has 0 aromatic heterocycles. The molecule has 2 aliphatic rings. The molecule has 0 amide bonds. The molecule has 0 radical (unpaired) electrons. The maximum absolute atomic E-state index is 9.59. The van der Waals surface area contributed by atoms with Crippen LogP contribution in [0.2, 0.25) is 0 Å². The number of fused-ring (bicyclic) bond motifs is 3. The van der Waals surface area contributed by atoms with Gasteiger partial charge in [0.15, 0.2) is 6.29 Å². The SMILES string of the molecule is CC1(C)C2=CCCCC2c2cccc(C(O)O)c21. The van der Waals surface area contributed by atoms with Crippen molar-refractivity contribution in [3.05, 3.63) is 46.5 Å². The normalized spacial score (nSPS) is 24.7. The molecule has 0 saturated heterocycles. The molecule has 3 rings (SSSR count). The summed E-state index contributed by atoms with van der Waals surface area (Å²) < 4.78 is 0. The van der Waals surface area contributed by atoms with Crippen molar-refractivity contribution in [1.82, 2.24) is 0 Å². The van der Waals surface area contributed by atoms with Crippen LogP contribution in [-0.2, 0) is 5.41 Å². The van der Waals surface area contributed by atoms with E-state index in [2.05, 4.69) is 26.0 Å². The Morgan fingerprint density at radius 1 is 1.28 bits per heavy atom. The maximum atomic E-state index is 9.59. The van der Waals surface area contributed by atoms with E-state index in [4.69, 9.17) is 0 Å². The Labute approximate surface area is 108 Å². The molecule has 1 unspecified atom stereocenters. The van der Waals surface area contributed by atoms with Crippen molar-refractivity contribution in [1.29, 1.82) is 0 Å². The van der Waals surface area contributed by atoms with Gasteiger partial charge in [-0.05, 0) is 30.4 Å². The summed E-state index contributed by atoms with van der Waals surface area (Å²) in [6.07, 6.45) is 4.56. The summed E-state index contributed by atoms with van der Waals surface area (Å²) in [7, 11) is 0. The molecule has 0 spiro atoms. The minimum atomic E-state index is -1.38. The fourth-order valence-corrected chi connectivity index (χ4v) is 3.85. The summed E-state index contributed by atoms with van der Waals surface area (Å²) in [5, 5.41) is 19.2. The van der Waals surface area contributed by atoms with Gasteiger partial charge in [-0.2, -0.15) is 0 Å². The molecule has 0 bridgehead atoms. The van der Waals surface area contributed by atoms with Gasteiger partial charge in [0.05, 0.1) is 0 Å². The summed E-state index contributed by atoms with van der Waals surface area (Å²) in [4.78, 5) is 0. The molecule has 1 atom stereocenters. The molecular weight excluding hydrogens is 224 g/mol. The first-order chi connectivity index (χ1) is 8.53. The smallest absolute Gasteiger partial charge is 0.178 e. The van der Waals surface area contributed by atoms with E-state index >= 15 is 0 Å². The highest BCUT2D eigenvalue weighted by Gasteiger charge is 2.43. The highest BCUT2D eigenvalue weighted by molar-refractivity contribution is 5.57.